The van der Waals surface area contributed by atoms with Crippen LogP contribution in [0.3, 0.4) is 0 Å². The number of likely N-dealkylation sites (tertiary alicyclic amines) is 1. The Morgan fingerprint density at radius 1 is 1.16 bits per heavy atom. The third-order valence-electron chi connectivity index (χ3n) is 8.30. The van der Waals surface area contributed by atoms with E-state index in [1.54, 1.807) is 15.9 Å². The Bertz CT molecular complexity index is 1040. The normalized spacial score (nSPS) is 24.7. The second kappa shape index (κ2) is 11.6. The minimum atomic E-state index is -2.08. The van der Waals surface area contributed by atoms with Crippen molar-refractivity contribution in [3.63, 3.8) is 0 Å². The smallest absolute Gasteiger partial charge is 0.410 e. The molecule has 3 aliphatic heterocycles. The highest BCUT2D eigenvalue weighted by Gasteiger charge is 2.58. The van der Waals surface area contributed by atoms with Crippen molar-refractivity contribution in [3.8, 4) is 0 Å². The molecular weight excluding hydrogens is 500 g/mol. The number of carbonyl (C=O) groups is 3. The van der Waals surface area contributed by atoms with Crippen molar-refractivity contribution in [2.45, 2.75) is 77.7 Å². The fourth-order valence-corrected chi connectivity index (χ4v) is 6.71. The Hall–Kier alpha value is -2.65. The standard InChI is InChI=1S/C29H44N2O6Si/c1-10-14-35-27(33)25-22(19(3)16-21-12-13-30(18-21)28(34)36-15-11-2)17-23-24(26(32)31(23)25)20(4)37-38(8,9)29(5,6)7/h10-11,16,20-21,23-24H,1-2,12-15,17-18H2,3-9H3/t20-,21?,23-,24-/m1/s1. The van der Waals surface area contributed by atoms with Gasteiger partial charge in [0.15, 0.2) is 8.32 Å². The molecule has 8 nitrogen and oxygen atoms in total. The van der Waals surface area contributed by atoms with Crippen molar-refractivity contribution >= 4 is 26.3 Å². The number of hydrogen-bond acceptors (Lipinski definition) is 6. The van der Waals surface area contributed by atoms with Gasteiger partial charge >= 0.3 is 12.1 Å². The fraction of sp³-hybridized carbons (Fsp3) is 0.621. The van der Waals surface area contributed by atoms with Crippen molar-refractivity contribution < 1.29 is 28.3 Å². The lowest BCUT2D eigenvalue weighted by Gasteiger charge is -2.48. The van der Waals surface area contributed by atoms with Crippen LogP contribution in [0.25, 0.3) is 0 Å². The second-order valence-corrected chi connectivity index (χ2v) is 16.8. The summed E-state index contributed by atoms with van der Waals surface area (Å²) in [6.45, 7) is 23.5. The van der Waals surface area contributed by atoms with Gasteiger partial charge in [-0.3, -0.25) is 4.79 Å². The highest BCUT2D eigenvalue weighted by molar-refractivity contribution is 6.74. The van der Waals surface area contributed by atoms with Gasteiger partial charge in [-0.15, -0.1) is 0 Å². The highest BCUT2D eigenvalue weighted by Crippen LogP contribution is 2.48. The molecule has 3 heterocycles. The van der Waals surface area contributed by atoms with Gasteiger partial charge in [0, 0.05) is 13.1 Å². The van der Waals surface area contributed by atoms with E-state index >= 15 is 0 Å². The van der Waals surface area contributed by atoms with E-state index in [2.05, 4.69) is 53.1 Å². The molecule has 210 valence electrons. The van der Waals surface area contributed by atoms with Crippen molar-refractivity contribution in [2.24, 2.45) is 11.8 Å². The number of esters is 1. The Balaban J connectivity index is 1.81. The third-order valence-corrected chi connectivity index (χ3v) is 12.9. The minimum absolute atomic E-state index is 0.0269. The number of nitrogens with zero attached hydrogens (tertiary/aromatic N) is 2. The SMILES string of the molecule is C=CCOC(=O)C1=C(C(C)=CC2CCN(C(=O)OCC=C)C2)C[C@@H]2[C@@H]([C@@H](C)O[Si](C)(C)C(C)(C)C)C(=O)N12. The van der Waals surface area contributed by atoms with Crippen molar-refractivity contribution in [3.05, 3.63) is 48.2 Å². The van der Waals surface area contributed by atoms with Crippen LogP contribution in [0.5, 0.6) is 0 Å². The van der Waals surface area contributed by atoms with E-state index < -0.39 is 14.3 Å². The minimum Gasteiger partial charge on any atom is -0.457 e. The molecule has 0 N–H and O–H groups in total. The number of fused-ring (bicyclic) bond motifs is 1. The summed E-state index contributed by atoms with van der Waals surface area (Å²) in [5, 5.41) is 0.0269. The summed E-state index contributed by atoms with van der Waals surface area (Å²) in [4.78, 5) is 42.1. The first-order chi connectivity index (χ1) is 17.7. The maximum Gasteiger partial charge on any atom is 0.410 e. The molecule has 0 aliphatic carbocycles. The van der Waals surface area contributed by atoms with Crippen LogP contribution >= 0.6 is 0 Å². The summed E-state index contributed by atoms with van der Waals surface area (Å²) in [7, 11) is -2.08. The number of hydrogen-bond donors (Lipinski definition) is 0. The van der Waals surface area contributed by atoms with E-state index in [0.29, 0.717) is 25.2 Å². The molecule has 9 heteroatoms. The summed E-state index contributed by atoms with van der Waals surface area (Å²) in [6.07, 6.45) is 5.95. The summed E-state index contributed by atoms with van der Waals surface area (Å²) in [5.41, 5.74) is 2.08. The van der Waals surface area contributed by atoms with Crippen LogP contribution in [-0.4, -0.2) is 74.5 Å². The first kappa shape index (κ1) is 29.9. The van der Waals surface area contributed by atoms with Gasteiger partial charge in [0.25, 0.3) is 0 Å². The van der Waals surface area contributed by atoms with Crippen molar-refractivity contribution in [2.75, 3.05) is 26.3 Å². The molecule has 0 bridgehead atoms. The summed E-state index contributed by atoms with van der Waals surface area (Å²) in [6, 6.07) is -0.138. The van der Waals surface area contributed by atoms with Gasteiger partial charge in [0.05, 0.1) is 18.1 Å². The number of amides is 2. The zero-order valence-corrected chi connectivity index (χ0v) is 25.0. The quantitative estimate of drug-likeness (QED) is 0.163. The van der Waals surface area contributed by atoms with Gasteiger partial charge in [0.1, 0.15) is 18.9 Å². The molecule has 0 aromatic rings. The van der Waals surface area contributed by atoms with E-state index in [1.807, 2.05) is 13.8 Å². The Morgan fingerprint density at radius 3 is 2.39 bits per heavy atom. The molecule has 0 saturated carbocycles. The van der Waals surface area contributed by atoms with Crippen LogP contribution in [0, 0.1) is 11.8 Å². The first-order valence-electron chi connectivity index (χ1n) is 13.5. The topological polar surface area (TPSA) is 85.4 Å². The van der Waals surface area contributed by atoms with Gasteiger partial charge in [-0.2, -0.15) is 0 Å². The molecule has 2 amide bonds. The van der Waals surface area contributed by atoms with Gasteiger partial charge in [-0.25, -0.2) is 9.59 Å². The second-order valence-electron chi connectivity index (χ2n) is 12.0. The van der Waals surface area contributed by atoms with E-state index in [4.69, 9.17) is 13.9 Å². The Morgan fingerprint density at radius 2 is 1.79 bits per heavy atom. The average molecular weight is 545 g/mol. The fourth-order valence-electron chi connectivity index (χ4n) is 5.28. The van der Waals surface area contributed by atoms with E-state index in [1.165, 1.54) is 6.08 Å². The average Bonchev–Trinajstić information content (AvgIpc) is 3.42. The van der Waals surface area contributed by atoms with Crippen molar-refractivity contribution in [1.29, 1.82) is 0 Å². The monoisotopic (exact) mass is 544 g/mol. The highest BCUT2D eigenvalue weighted by atomic mass is 28.4. The maximum absolute atomic E-state index is 13.4. The predicted molar refractivity (Wildman–Crippen MR) is 150 cm³/mol. The van der Waals surface area contributed by atoms with E-state index in [0.717, 1.165) is 17.6 Å². The van der Waals surface area contributed by atoms with E-state index in [9.17, 15) is 14.4 Å². The lowest BCUT2D eigenvalue weighted by Crippen LogP contribution is -2.63. The molecule has 2 saturated heterocycles. The summed E-state index contributed by atoms with van der Waals surface area (Å²) >= 11 is 0. The summed E-state index contributed by atoms with van der Waals surface area (Å²) < 4.78 is 17.1. The third kappa shape index (κ3) is 5.99. The van der Waals surface area contributed by atoms with Crippen molar-refractivity contribution in [1.82, 2.24) is 9.80 Å². The van der Waals surface area contributed by atoms with E-state index in [-0.39, 0.29) is 54.2 Å². The summed E-state index contributed by atoms with van der Waals surface area (Å²) in [5.74, 6) is -0.782. The first-order valence-corrected chi connectivity index (χ1v) is 16.4. The van der Waals surface area contributed by atoms with Crippen LogP contribution in [0.2, 0.25) is 18.1 Å². The largest absolute Gasteiger partial charge is 0.457 e. The van der Waals surface area contributed by atoms with Gasteiger partial charge in [0.2, 0.25) is 5.91 Å². The zero-order valence-electron chi connectivity index (χ0n) is 24.0. The molecule has 0 aromatic carbocycles. The number of ether oxygens (including phenoxy) is 2. The van der Waals surface area contributed by atoms with Crippen LogP contribution in [-0.2, 0) is 23.5 Å². The molecule has 2 fully saturated rings. The zero-order chi connectivity index (χ0) is 28.4. The van der Waals surface area contributed by atoms with Gasteiger partial charge in [-0.1, -0.05) is 52.2 Å². The number of β-lactam (4-membered cyclic amide) rings is 1. The number of allylic oxidation sites excluding steroid dienone is 1. The molecule has 1 unspecified atom stereocenters. The predicted octanol–water partition coefficient (Wildman–Crippen LogP) is 5.20. The lowest BCUT2D eigenvalue weighted by atomic mass is 9.82. The molecule has 4 atom stereocenters. The Labute approximate surface area is 228 Å². The maximum atomic E-state index is 13.4. The van der Waals surface area contributed by atoms with Gasteiger partial charge in [-0.05, 0) is 61.9 Å². The van der Waals surface area contributed by atoms with Crippen LogP contribution in [0.15, 0.2) is 48.2 Å². The molecule has 0 aromatic heterocycles. The number of carbonyl (C=O) groups excluding carboxylic acids is 3. The lowest BCUT2D eigenvalue weighted by molar-refractivity contribution is -0.161. The molecule has 0 spiro atoms. The number of rotatable bonds is 10. The van der Waals surface area contributed by atoms with Gasteiger partial charge < -0.3 is 23.7 Å². The van der Waals surface area contributed by atoms with Crippen LogP contribution in [0.4, 0.5) is 4.79 Å². The molecule has 3 aliphatic rings. The molecule has 3 rings (SSSR count). The van der Waals surface area contributed by atoms with Crippen LogP contribution in [0.1, 0.15) is 47.5 Å². The molecular formula is C29H44N2O6Si. The molecule has 0 radical (unpaired) electrons. The Kier molecular flexibility index (Phi) is 9.14. The van der Waals surface area contributed by atoms with Crippen LogP contribution < -0.4 is 0 Å². The molecule has 38 heavy (non-hydrogen) atoms.